The molecule has 0 heterocycles. The highest BCUT2D eigenvalue weighted by atomic mass is 14.9. The van der Waals surface area contributed by atoms with Gasteiger partial charge in [-0.3, -0.25) is 0 Å². The van der Waals surface area contributed by atoms with E-state index in [1.165, 1.54) is 39.1 Å². The van der Waals surface area contributed by atoms with Crippen LogP contribution in [0.1, 0.15) is 33.4 Å². The molecule has 2 aromatic rings. The van der Waals surface area contributed by atoms with Crippen molar-refractivity contribution in [2.75, 3.05) is 5.32 Å². The number of benzene rings is 2. The van der Waals surface area contributed by atoms with E-state index in [-0.39, 0.29) is 0 Å². The fourth-order valence-corrected chi connectivity index (χ4v) is 2.61. The standard InChI is InChI=1S/C18H23N/c1-12-9-14(3)17(15(4)10-12)11-19-18-8-6-7-13(2)16(18)5/h6-10,19H,11H2,1-5H3. The summed E-state index contributed by atoms with van der Waals surface area (Å²) in [5.41, 5.74) is 9.40. The fourth-order valence-electron chi connectivity index (χ4n) is 2.61. The van der Waals surface area contributed by atoms with E-state index in [4.69, 9.17) is 0 Å². The number of nitrogens with one attached hydrogen (secondary N) is 1. The summed E-state index contributed by atoms with van der Waals surface area (Å²) in [6, 6.07) is 10.9. The minimum Gasteiger partial charge on any atom is -0.381 e. The van der Waals surface area contributed by atoms with E-state index < -0.39 is 0 Å². The lowest BCUT2D eigenvalue weighted by Gasteiger charge is -2.15. The largest absolute Gasteiger partial charge is 0.381 e. The Morgan fingerprint density at radius 2 is 1.47 bits per heavy atom. The average Bonchev–Trinajstić information content (AvgIpc) is 2.33. The molecule has 1 nitrogen and oxygen atoms in total. The highest BCUT2D eigenvalue weighted by molar-refractivity contribution is 5.54. The Hall–Kier alpha value is -1.76. The van der Waals surface area contributed by atoms with Crippen LogP contribution in [0.15, 0.2) is 30.3 Å². The lowest BCUT2D eigenvalue weighted by molar-refractivity contribution is 1.07. The van der Waals surface area contributed by atoms with E-state index in [1.807, 2.05) is 0 Å². The van der Waals surface area contributed by atoms with Crippen LogP contribution >= 0.6 is 0 Å². The van der Waals surface area contributed by atoms with Crippen LogP contribution in [0.3, 0.4) is 0 Å². The van der Waals surface area contributed by atoms with Crippen LogP contribution in [0.5, 0.6) is 0 Å². The van der Waals surface area contributed by atoms with Gasteiger partial charge in [0, 0.05) is 12.2 Å². The Kier molecular flexibility index (Phi) is 3.94. The van der Waals surface area contributed by atoms with Gasteiger partial charge in [-0.05, 0) is 68.5 Å². The van der Waals surface area contributed by atoms with Gasteiger partial charge in [0.1, 0.15) is 0 Å². The number of anilines is 1. The molecular formula is C18H23N. The summed E-state index contributed by atoms with van der Waals surface area (Å²) in [5.74, 6) is 0. The molecule has 0 bridgehead atoms. The van der Waals surface area contributed by atoms with Crippen molar-refractivity contribution in [3.8, 4) is 0 Å². The number of rotatable bonds is 3. The first-order chi connectivity index (χ1) is 8.99. The number of hydrogen-bond donors (Lipinski definition) is 1. The van der Waals surface area contributed by atoms with E-state index in [9.17, 15) is 0 Å². The monoisotopic (exact) mass is 253 g/mol. The van der Waals surface area contributed by atoms with Crippen molar-refractivity contribution in [2.45, 2.75) is 41.2 Å². The maximum atomic E-state index is 3.57. The van der Waals surface area contributed by atoms with Crippen LogP contribution < -0.4 is 5.32 Å². The fraction of sp³-hybridized carbons (Fsp3) is 0.333. The summed E-state index contributed by atoms with van der Waals surface area (Å²) in [5, 5.41) is 3.57. The highest BCUT2D eigenvalue weighted by Gasteiger charge is 2.05. The predicted octanol–water partition coefficient (Wildman–Crippen LogP) is 4.84. The Morgan fingerprint density at radius 3 is 2.11 bits per heavy atom. The maximum absolute atomic E-state index is 3.57. The van der Waals surface area contributed by atoms with Gasteiger partial charge in [0.15, 0.2) is 0 Å². The van der Waals surface area contributed by atoms with Crippen LogP contribution in [0.2, 0.25) is 0 Å². The van der Waals surface area contributed by atoms with E-state index in [0.717, 1.165) is 6.54 Å². The van der Waals surface area contributed by atoms with Crippen LogP contribution in [0.25, 0.3) is 0 Å². The second-order valence-corrected chi connectivity index (χ2v) is 5.48. The molecule has 0 unspecified atom stereocenters. The molecular weight excluding hydrogens is 230 g/mol. The first-order valence-corrected chi connectivity index (χ1v) is 6.86. The Balaban J connectivity index is 2.22. The lowest BCUT2D eigenvalue weighted by Crippen LogP contribution is -2.05. The molecule has 2 aromatic carbocycles. The minimum atomic E-state index is 0.891. The van der Waals surface area contributed by atoms with Gasteiger partial charge in [0.2, 0.25) is 0 Å². The highest BCUT2D eigenvalue weighted by Crippen LogP contribution is 2.21. The van der Waals surface area contributed by atoms with Crippen molar-refractivity contribution in [2.24, 2.45) is 0 Å². The van der Waals surface area contributed by atoms with Crippen molar-refractivity contribution >= 4 is 5.69 Å². The van der Waals surface area contributed by atoms with Gasteiger partial charge in [-0.2, -0.15) is 0 Å². The molecule has 1 heteroatoms. The molecule has 0 aliphatic heterocycles. The van der Waals surface area contributed by atoms with Gasteiger partial charge in [-0.1, -0.05) is 29.8 Å². The van der Waals surface area contributed by atoms with E-state index in [0.29, 0.717) is 0 Å². The molecule has 2 rings (SSSR count). The van der Waals surface area contributed by atoms with Crippen molar-refractivity contribution in [1.29, 1.82) is 0 Å². The zero-order valence-corrected chi connectivity index (χ0v) is 12.6. The van der Waals surface area contributed by atoms with Crippen LogP contribution in [0, 0.1) is 34.6 Å². The molecule has 0 fully saturated rings. The minimum absolute atomic E-state index is 0.891. The molecule has 0 radical (unpaired) electrons. The lowest BCUT2D eigenvalue weighted by atomic mass is 9.99. The summed E-state index contributed by atoms with van der Waals surface area (Å²) in [6.07, 6.45) is 0. The van der Waals surface area contributed by atoms with Crippen molar-refractivity contribution in [3.63, 3.8) is 0 Å². The maximum Gasteiger partial charge on any atom is 0.0406 e. The zero-order valence-electron chi connectivity index (χ0n) is 12.6. The summed E-state index contributed by atoms with van der Waals surface area (Å²) in [6.45, 7) is 11.8. The molecule has 100 valence electrons. The summed E-state index contributed by atoms with van der Waals surface area (Å²) >= 11 is 0. The van der Waals surface area contributed by atoms with Gasteiger partial charge in [-0.15, -0.1) is 0 Å². The summed E-state index contributed by atoms with van der Waals surface area (Å²) in [4.78, 5) is 0. The van der Waals surface area contributed by atoms with E-state index in [2.05, 4.69) is 70.3 Å². The molecule has 0 saturated heterocycles. The van der Waals surface area contributed by atoms with Gasteiger partial charge in [0.25, 0.3) is 0 Å². The van der Waals surface area contributed by atoms with E-state index in [1.54, 1.807) is 0 Å². The molecule has 0 atom stereocenters. The molecule has 19 heavy (non-hydrogen) atoms. The topological polar surface area (TPSA) is 12.0 Å². The van der Waals surface area contributed by atoms with Gasteiger partial charge >= 0.3 is 0 Å². The molecule has 0 aliphatic carbocycles. The third-order valence-electron chi connectivity index (χ3n) is 3.90. The normalized spacial score (nSPS) is 10.6. The molecule has 0 amide bonds. The SMILES string of the molecule is Cc1cc(C)c(CNc2cccc(C)c2C)c(C)c1. The average molecular weight is 253 g/mol. The molecule has 0 spiro atoms. The first kappa shape index (κ1) is 13.7. The van der Waals surface area contributed by atoms with Crippen LogP contribution in [-0.2, 0) is 6.54 Å². The second kappa shape index (κ2) is 5.48. The Labute approximate surface area is 116 Å². The van der Waals surface area contributed by atoms with Crippen LogP contribution in [-0.4, -0.2) is 0 Å². The Morgan fingerprint density at radius 1 is 0.842 bits per heavy atom. The molecule has 1 N–H and O–H groups in total. The van der Waals surface area contributed by atoms with Gasteiger partial charge in [-0.25, -0.2) is 0 Å². The van der Waals surface area contributed by atoms with Crippen molar-refractivity contribution in [3.05, 3.63) is 63.7 Å². The van der Waals surface area contributed by atoms with Gasteiger partial charge in [0.05, 0.1) is 0 Å². The number of aryl methyl sites for hydroxylation is 4. The zero-order chi connectivity index (χ0) is 14.0. The predicted molar refractivity (Wildman–Crippen MR) is 83.9 cm³/mol. The van der Waals surface area contributed by atoms with Crippen LogP contribution in [0.4, 0.5) is 5.69 Å². The summed E-state index contributed by atoms with van der Waals surface area (Å²) < 4.78 is 0. The third-order valence-corrected chi connectivity index (χ3v) is 3.90. The van der Waals surface area contributed by atoms with Crippen molar-refractivity contribution < 1.29 is 0 Å². The van der Waals surface area contributed by atoms with E-state index >= 15 is 0 Å². The first-order valence-electron chi connectivity index (χ1n) is 6.86. The van der Waals surface area contributed by atoms with Crippen molar-refractivity contribution in [1.82, 2.24) is 0 Å². The summed E-state index contributed by atoms with van der Waals surface area (Å²) in [7, 11) is 0. The smallest absolute Gasteiger partial charge is 0.0406 e. The second-order valence-electron chi connectivity index (χ2n) is 5.48. The molecule has 0 aliphatic rings. The molecule has 0 aromatic heterocycles. The van der Waals surface area contributed by atoms with Gasteiger partial charge < -0.3 is 5.32 Å². The molecule has 0 saturated carbocycles. The Bertz CT molecular complexity index is 574. The quantitative estimate of drug-likeness (QED) is 0.825. The third kappa shape index (κ3) is 2.98. The number of hydrogen-bond acceptors (Lipinski definition) is 1.